The second-order valence-corrected chi connectivity index (χ2v) is 8.61. The summed E-state index contributed by atoms with van der Waals surface area (Å²) in [5.74, 6) is -0.0619. The quantitative estimate of drug-likeness (QED) is 0.130. The highest BCUT2D eigenvalue weighted by Gasteiger charge is 2.21. The molecule has 3 nitrogen and oxygen atoms in total. The molecule has 0 bridgehead atoms. The summed E-state index contributed by atoms with van der Waals surface area (Å²) < 4.78 is 6.44. The molecule has 0 radical (unpaired) electrons. The zero-order chi connectivity index (χ0) is 20.2. The van der Waals surface area contributed by atoms with E-state index < -0.39 is 0 Å². The van der Waals surface area contributed by atoms with Crippen molar-refractivity contribution < 1.29 is 14.0 Å². The summed E-state index contributed by atoms with van der Waals surface area (Å²) in [6.45, 7) is 10.4. The zero-order valence-electron chi connectivity index (χ0n) is 19.2. The Hall–Kier alpha value is -0.570. The predicted octanol–water partition coefficient (Wildman–Crippen LogP) is 6.89. The molecule has 0 N–H and O–H groups in total. The smallest absolute Gasteiger partial charge is 0.305 e. The number of carbonyl (C=O) groups is 1. The van der Waals surface area contributed by atoms with Crippen molar-refractivity contribution in [3.63, 3.8) is 0 Å². The molecule has 1 atom stereocenters. The van der Waals surface area contributed by atoms with Crippen molar-refractivity contribution in [2.75, 3.05) is 33.3 Å². The van der Waals surface area contributed by atoms with E-state index in [0.29, 0.717) is 13.0 Å². The molecular weight excluding hydrogens is 334 g/mol. The monoisotopic (exact) mass is 384 g/mol. The number of rotatable bonds is 20. The second kappa shape index (κ2) is 18.8. The van der Waals surface area contributed by atoms with Gasteiger partial charge in [-0.1, -0.05) is 85.0 Å². The number of esters is 1. The maximum Gasteiger partial charge on any atom is 0.305 e. The van der Waals surface area contributed by atoms with Crippen molar-refractivity contribution in [3.05, 3.63) is 0 Å². The number of ether oxygens (including phenoxy) is 1. The molecule has 0 saturated carbocycles. The van der Waals surface area contributed by atoms with Gasteiger partial charge in [0.25, 0.3) is 0 Å². The van der Waals surface area contributed by atoms with Gasteiger partial charge in [0.2, 0.25) is 0 Å². The highest BCUT2D eigenvalue weighted by atomic mass is 16.5. The number of unbranched alkanes of at least 4 members (excludes halogenated alkanes) is 12. The lowest BCUT2D eigenvalue weighted by molar-refractivity contribution is -0.910. The molecule has 0 aromatic carbocycles. The zero-order valence-corrected chi connectivity index (χ0v) is 19.2. The molecule has 0 aromatic rings. The lowest BCUT2D eigenvalue weighted by Gasteiger charge is -2.34. The van der Waals surface area contributed by atoms with Crippen molar-refractivity contribution in [2.24, 2.45) is 0 Å². The summed E-state index contributed by atoms with van der Waals surface area (Å²) in [6, 6.07) is 0. The fraction of sp³-hybridized carbons (Fsp3) is 0.958. The third-order valence-electron chi connectivity index (χ3n) is 5.79. The molecule has 0 fully saturated rings. The van der Waals surface area contributed by atoms with E-state index in [2.05, 4.69) is 20.9 Å². The Balaban J connectivity index is 4.07. The van der Waals surface area contributed by atoms with Crippen molar-refractivity contribution in [2.45, 2.75) is 117 Å². The molecule has 0 amide bonds. The number of quaternary nitrogens is 1. The van der Waals surface area contributed by atoms with Gasteiger partial charge in [-0.15, -0.1) is 0 Å². The van der Waals surface area contributed by atoms with Crippen LogP contribution in [0.25, 0.3) is 0 Å². The van der Waals surface area contributed by atoms with Crippen LogP contribution in [-0.4, -0.2) is 43.7 Å². The highest BCUT2D eigenvalue weighted by Crippen LogP contribution is 2.14. The average molecular weight is 385 g/mol. The normalized spacial score (nSPS) is 13.5. The Labute approximate surface area is 170 Å². The third-order valence-corrected chi connectivity index (χ3v) is 5.79. The van der Waals surface area contributed by atoms with Crippen LogP contribution in [0.2, 0.25) is 0 Å². The van der Waals surface area contributed by atoms with Crippen molar-refractivity contribution in [3.8, 4) is 0 Å². The van der Waals surface area contributed by atoms with E-state index in [1.165, 1.54) is 103 Å². The molecule has 0 aliphatic rings. The van der Waals surface area contributed by atoms with Crippen LogP contribution in [0, 0.1) is 0 Å². The molecule has 27 heavy (non-hydrogen) atoms. The molecule has 1 unspecified atom stereocenters. The Morgan fingerprint density at radius 3 is 1.44 bits per heavy atom. The first-order valence-corrected chi connectivity index (χ1v) is 12.1. The van der Waals surface area contributed by atoms with Gasteiger partial charge >= 0.3 is 5.97 Å². The molecule has 0 heterocycles. The molecule has 0 spiro atoms. The van der Waals surface area contributed by atoms with Gasteiger partial charge in [0.1, 0.15) is 13.2 Å². The summed E-state index contributed by atoms with van der Waals surface area (Å²) in [7, 11) is 2.37. The Kier molecular flexibility index (Phi) is 18.4. The standard InChI is InChI=1S/C24H50NO2/c1-5-8-10-12-14-15-17-19-21-25(4,22-23-27-24(26)7-3)20-18-16-13-11-9-6-2/h5-23H2,1-4H3/q+1. The second-order valence-electron chi connectivity index (χ2n) is 8.61. The molecule has 0 aromatic heterocycles. The highest BCUT2D eigenvalue weighted by molar-refractivity contribution is 5.68. The maximum absolute atomic E-state index is 11.4. The van der Waals surface area contributed by atoms with Crippen molar-refractivity contribution >= 4 is 5.97 Å². The SMILES string of the molecule is CCCCCCCCCC[N+](C)(CCCCCCCC)CCOC(=O)CC. The lowest BCUT2D eigenvalue weighted by Crippen LogP contribution is -2.48. The fourth-order valence-electron chi connectivity index (χ4n) is 3.72. The van der Waals surface area contributed by atoms with Gasteiger partial charge in [0.15, 0.2) is 0 Å². The Morgan fingerprint density at radius 2 is 1.04 bits per heavy atom. The molecule has 0 aliphatic carbocycles. The minimum absolute atomic E-state index is 0.0619. The van der Waals surface area contributed by atoms with Gasteiger partial charge < -0.3 is 9.22 Å². The van der Waals surface area contributed by atoms with Crippen LogP contribution >= 0.6 is 0 Å². The van der Waals surface area contributed by atoms with Crippen LogP contribution in [0.5, 0.6) is 0 Å². The minimum Gasteiger partial charge on any atom is -0.460 e. The van der Waals surface area contributed by atoms with E-state index in [-0.39, 0.29) is 5.97 Å². The molecular formula is C24H50NO2+. The van der Waals surface area contributed by atoms with Gasteiger partial charge in [-0.3, -0.25) is 4.79 Å². The number of nitrogens with zero attached hydrogens (tertiary/aromatic N) is 1. The van der Waals surface area contributed by atoms with Crippen molar-refractivity contribution in [1.82, 2.24) is 0 Å². The summed E-state index contributed by atoms with van der Waals surface area (Å²) >= 11 is 0. The van der Waals surface area contributed by atoms with Crippen LogP contribution < -0.4 is 0 Å². The van der Waals surface area contributed by atoms with Gasteiger partial charge in [0, 0.05) is 6.42 Å². The first-order valence-electron chi connectivity index (χ1n) is 12.1. The van der Waals surface area contributed by atoms with E-state index in [1.807, 2.05) is 6.92 Å². The third kappa shape index (κ3) is 17.3. The van der Waals surface area contributed by atoms with Gasteiger partial charge in [-0.2, -0.15) is 0 Å². The first kappa shape index (κ1) is 26.4. The minimum atomic E-state index is -0.0619. The van der Waals surface area contributed by atoms with E-state index in [1.54, 1.807) is 0 Å². The molecule has 0 saturated heterocycles. The van der Waals surface area contributed by atoms with Crippen LogP contribution in [0.15, 0.2) is 0 Å². The van der Waals surface area contributed by atoms with E-state index >= 15 is 0 Å². The topological polar surface area (TPSA) is 26.3 Å². The largest absolute Gasteiger partial charge is 0.460 e. The number of hydrogen-bond donors (Lipinski definition) is 0. The number of likely N-dealkylation sites (N-methyl/N-ethyl adjacent to an activating group) is 1. The Bertz CT molecular complexity index is 332. The number of carbonyl (C=O) groups excluding carboxylic acids is 1. The number of hydrogen-bond acceptors (Lipinski definition) is 2. The van der Waals surface area contributed by atoms with Crippen LogP contribution in [0.4, 0.5) is 0 Å². The first-order chi connectivity index (χ1) is 13.1. The summed E-state index contributed by atoms with van der Waals surface area (Å²) in [5, 5.41) is 0. The summed E-state index contributed by atoms with van der Waals surface area (Å²) in [4.78, 5) is 11.4. The van der Waals surface area contributed by atoms with Gasteiger partial charge in [-0.25, -0.2) is 0 Å². The van der Waals surface area contributed by atoms with Crippen LogP contribution in [0.3, 0.4) is 0 Å². The lowest BCUT2D eigenvalue weighted by atomic mass is 10.1. The fourth-order valence-corrected chi connectivity index (χ4v) is 3.72. The van der Waals surface area contributed by atoms with Crippen LogP contribution in [-0.2, 0) is 9.53 Å². The molecule has 3 heteroatoms. The van der Waals surface area contributed by atoms with Crippen LogP contribution in [0.1, 0.15) is 117 Å². The van der Waals surface area contributed by atoms with Gasteiger partial charge in [0.05, 0.1) is 20.1 Å². The molecule has 0 rings (SSSR count). The van der Waals surface area contributed by atoms with E-state index in [4.69, 9.17) is 4.74 Å². The molecule has 162 valence electrons. The predicted molar refractivity (Wildman–Crippen MR) is 118 cm³/mol. The summed E-state index contributed by atoms with van der Waals surface area (Å²) in [6.07, 6.45) is 19.6. The Morgan fingerprint density at radius 1 is 0.630 bits per heavy atom. The van der Waals surface area contributed by atoms with E-state index in [0.717, 1.165) is 11.0 Å². The van der Waals surface area contributed by atoms with Crippen molar-refractivity contribution in [1.29, 1.82) is 0 Å². The van der Waals surface area contributed by atoms with E-state index in [9.17, 15) is 4.79 Å². The maximum atomic E-state index is 11.4. The average Bonchev–Trinajstić information content (AvgIpc) is 2.66. The molecule has 0 aliphatic heterocycles. The van der Waals surface area contributed by atoms with Gasteiger partial charge in [-0.05, 0) is 25.7 Å². The summed E-state index contributed by atoms with van der Waals surface area (Å²) in [5.41, 5.74) is 0.